The fourth-order valence-corrected chi connectivity index (χ4v) is 2.74. The van der Waals surface area contributed by atoms with E-state index >= 15 is 0 Å². The molecule has 3 nitrogen and oxygen atoms in total. The van der Waals surface area contributed by atoms with Crippen molar-refractivity contribution in [3.63, 3.8) is 0 Å². The fraction of sp³-hybridized carbons (Fsp3) is 0.632. The molecule has 0 aromatic heterocycles. The maximum atomic E-state index is 12.2. The number of ether oxygens (including phenoxy) is 1. The molecule has 0 aliphatic carbocycles. The lowest BCUT2D eigenvalue weighted by molar-refractivity contribution is 0.0792. The van der Waals surface area contributed by atoms with E-state index in [1.807, 2.05) is 42.3 Å². The van der Waals surface area contributed by atoms with Crippen molar-refractivity contribution < 1.29 is 9.53 Å². The first-order valence-electron chi connectivity index (χ1n) is 8.69. The van der Waals surface area contributed by atoms with Crippen molar-refractivity contribution in [2.24, 2.45) is 0 Å². The van der Waals surface area contributed by atoms with Crippen LogP contribution in [0.15, 0.2) is 30.3 Å². The number of epoxide rings is 1. The van der Waals surface area contributed by atoms with Crippen LogP contribution in [0.4, 0.5) is 0 Å². The molecule has 1 aliphatic heterocycles. The Labute approximate surface area is 134 Å². The third kappa shape index (κ3) is 6.61. The lowest BCUT2D eigenvalue weighted by Crippen LogP contribution is -2.27. The zero-order valence-electron chi connectivity index (χ0n) is 13.8. The van der Waals surface area contributed by atoms with Gasteiger partial charge in [0.25, 0.3) is 5.91 Å². The number of hydrogen-bond acceptors (Lipinski definition) is 2. The average molecular weight is 303 g/mol. The molecule has 0 radical (unpaired) electrons. The summed E-state index contributed by atoms with van der Waals surface area (Å²) in [6, 6.07) is 9.53. The third-order valence-corrected chi connectivity index (χ3v) is 4.29. The van der Waals surface area contributed by atoms with Gasteiger partial charge in [-0.25, -0.2) is 0 Å². The van der Waals surface area contributed by atoms with Gasteiger partial charge in [-0.15, -0.1) is 0 Å². The van der Waals surface area contributed by atoms with Gasteiger partial charge in [0.05, 0.1) is 12.7 Å². The number of rotatable bonds is 11. The predicted octanol–water partition coefficient (Wildman–Crippen LogP) is 4.28. The topological polar surface area (TPSA) is 32.8 Å². The van der Waals surface area contributed by atoms with Crippen molar-refractivity contribution >= 4 is 5.91 Å². The van der Waals surface area contributed by atoms with Crippen LogP contribution < -0.4 is 0 Å². The van der Waals surface area contributed by atoms with E-state index < -0.39 is 0 Å². The molecule has 2 rings (SSSR count). The summed E-state index contributed by atoms with van der Waals surface area (Å²) in [5.41, 5.74) is 0.782. The SMILES string of the molecule is CN(CCCCCCCCCC1CO1)C(=O)c1ccccc1. The zero-order valence-corrected chi connectivity index (χ0v) is 13.8. The van der Waals surface area contributed by atoms with Crippen LogP contribution in [0, 0.1) is 0 Å². The van der Waals surface area contributed by atoms with E-state index in [0.29, 0.717) is 6.10 Å². The summed E-state index contributed by atoms with van der Waals surface area (Å²) in [4.78, 5) is 14.0. The van der Waals surface area contributed by atoms with Gasteiger partial charge in [0.2, 0.25) is 0 Å². The summed E-state index contributed by atoms with van der Waals surface area (Å²) in [6.07, 6.45) is 10.8. The summed E-state index contributed by atoms with van der Waals surface area (Å²) in [6.45, 7) is 1.85. The molecule has 1 aromatic rings. The minimum absolute atomic E-state index is 0.128. The molecule has 1 fully saturated rings. The van der Waals surface area contributed by atoms with E-state index in [1.165, 1.54) is 44.9 Å². The van der Waals surface area contributed by atoms with Crippen LogP contribution in [0.1, 0.15) is 61.7 Å². The minimum Gasteiger partial charge on any atom is -0.373 e. The number of carbonyl (C=O) groups is 1. The smallest absolute Gasteiger partial charge is 0.253 e. The molecule has 1 aromatic carbocycles. The van der Waals surface area contributed by atoms with Crippen LogP contribution in [0.25, 0.3) is 0 Å². The monoisotopic (exact) mass is 303 g/mol. The summed E-state index contributed by atoms with van der Waals surface area (Å²) in [5.74, 6) is 0.128. The number of hydrogen-bond donors (Lipinski definition) is 0. The summed E-state index contributed by atoms with van der Waals surface area (Å²) in [7, 11) is 1.90. The molecule has 0 bridgehead atoms. The highest BCUT2D eigenvalue weighted by Crippen LogP contribution is 2.18. The van der Waals surface area contributed by atoms with Crippen molar-refractivity contribution in [3.8, 4) is 0 Å². The van der Waals surface area contributed by atoms with E-state index in [0.717, 1.165) is 25.1 Å². The van der Waals surface area contributed by atoms with E-state index in [1.54, 1.807) is 0 Å². The Morgan fingerprint density at radius 3 is 2.27 bits per heavy atom. The highest BCUT2D eigenvalue weighted by Gasteiger charge is 2.20. The van der Waals surface area contributed by atoms with Gasteiger partial charge in [0, 0.05) is 19.2 Å². The Morgan fingerprint density at radius 1 is 1.05 bits per heavy atom. The lowest BCUT2D eigenvalue weighted by atomic mass is 10.1. The first-order valence-corrected chi connectivity index (χ1v) is 8.69. The number of nitrogens with zero attached hydrogens (tertiary/aromatic N) is 1. The standard InChI is InChI=1S/C19H29NO2/c1-20(19(21)17-12-8-7-9-13-17)15-11-6-4-2-3-5-10-14-18-16-22-18/h7-9,12-13,18H,2-6,10-11,14-16H2,1H3. The summed E-state index contributed by atoms with van der Waals surface area (Å²) in [5, 5.41) is 0. The highest BCUT2D eigenvalue weighted by molar-refractivity contribution is 5.93. The summed E-state index contributed by atoms with van der Waals surface area (Å²) >= 11 is 0. The summed E-state index contributed by atoms with van der Waals surface area (Å²) < 4.78 is 5.21. The quantitative estimate of drug-likeness (QED) is 0.451. The highest BCUT2D eigenvalue weighted by atomic mass is 16.6. The van der Waals surface area contributed by atoms with Gasteiger partial charge in [-0.1, -0.05) is 56.7 Å². The second-order valence-corrected chi connectivity index (χ2v) is 6.31. The van der Waals surface area contributed by atoms with Crippen LogP contribution in [-0.4, -0.2) is 37.1 Å². The molecule has 0 N–H and O–H groups in total. The molecular weight excluding hydrogens is 274 g/mol. The van der Waals surface area contributed by atoms with Crippen LogP contribution in [-0.2, 0) is 4.74 Å². The second-order valence-electron chi connectivity index (χ2n) is 6.31. The molecule has 0 spiro atoms. The number of unbranched alkanes of at least 4 members (excludes halogenated alkanes) is 6. The van der Waals surface area contributed by atoms with E-state index in [-0.39, 0.29) is 5.91 Å². The van der Waals surface area contributed by atoms with Crippen molar-refractivity contribution in [3.05, 3.63) is 35.9 Å². The van der Waals surface area contributed by atoms with E-state index in [9.17, 15) is 4.79 Å². The van der Waals surface area contributed by atoms with Crippen molar-refractivity contribution in [2.45, 2.75) is 57.5 Å². The van der Waals surface area contributed by atoms with E-state index in [4.69, 9.17) is 4.74 Å². The maximum absolute atomic E-state index is 12.2. The van der Waals surface area contributed by atoms with Gasteiger partial charge in [0.15, 0.2) is 0 Å². The van der Waals surface area contributed by atoms with Gasteiger partial charge in [0.1, 0.15) is 0 Å². The lowest BCUT2D eigenvalue weighted by Gasteiger charge is -2.17. The van der Waals surface area contributed by atoms with Gasteiger partial charge in [-0.05, 0) is 25.0 Å². The van der Waals surface area contributed by atoms with Gasteiger partial charge >= 0.3 is 0 Å². The molecule has 3 heteroatoms. The molecule has 1 unspecified atom stereocenters. The van der Waals surface area contributed by atoms with Crippen LogP contribution in [0.3, 0.4) is 0 Å². The Balaban J connectivity index is 1.44. The zero-order chi connectivity index (χ0) is 15.6. The molecule has 22 heavy (non-hydrogen) atoms. The minimum atomic E-state index is 0.128. The van der Waals surface area contributed by atoms with Gasteiger partial charge in [-0.3, -0.25) is 4.79 Å². The Bertz CT molecular complexity index is 428. The predicted molar refractivity (Wildman–Crippen MR) is 90.1 cm³/mol. The van der Waals surface area contributed by atoms with Crippen molar-refractivity contribution in [1.29, 1.82) is 0 Å². The van der Waals surface area contributed by atoms with Crippen LogP contribution in [0.5, 0.6) is 0 Å². The third-order valence-electron chi connectivity index (χ3n) is 4.29. The number of amides is 1. The van der Waals surface area contributed by atoms with Gasteiger partial charge in [-0.2, -0.15) is 0 Å². The number of carbonyl (C=O) groups excluding carboxylic acids is 1. The molecule has 1 saturated heterocycles. The molecule has 1 amide bonds. The Kier molecular flexibility index (Phi) is 7.44. The van der Waals surface area contributed by atoms with Gasteiger partial charge < -0.3 is 9.64 Å². The Hall–Kier alpha value is -1.35. The molecule has 1 atom stereocenters. The van der Waals surface area contributed by atoms with Crippen LogP contribution >= 0.6 is 0 Å². The molecule has 0 saturated carbocycles. The molecule has 122 valence electrons. The molecule has 1 heterocycles. The van der Waals surface area contributed by atoms with E-state index in [2.05, 4.69) is 0 Å². The van der Waals surface area contributed by atoms with Crippen LogP contribution in [0.2, 0.25) is 0 Å². The van der Waals surface area contributed by atoms with Crippen molar-refractivity contribution in [2.75, 3.05) is 20.2 Å². The first-order chi connectivity index (χ1) is 10.8. The largest absolute Gasteiger partial charge is 0.373 e. The maximum Gasteiger partial charge on any atom is 0.253 e. The molecule has 1 aliphatic rings. The second kappa shape index (κ2) is 9.62. The fourth-order valence-electron chi connectivity index (χ4n) is 2.74. The normalized spacial score (nSPS) is 16.5. The first kappa shape index (κ1) is 17.0. The average Bonchev–Trinajstić information content (AvgIpc) is 3.37. The molecular formula is C19H29NO2. The Morgan fingerprint density at radius 2 is 1.64 bits per heavy atom. The van der Waals surface area contributed by atoms with Crippen molar-refractivity contribution in [1.82, 2.24) is 4.90 Å². The number of benzene rings is 1.